The number of nitrogens with zero attached hydrogens (tertiary/aromatic N) is 6. The molecule has 0 aromatic carbocycles. The predicted molar refractivity (Wildman–Crippen MR) is 94.2 cm³/mol. The largest absolute Gasteiger partial charge is 0.379 e. The smallest absolute Gasteiger partial charge is 0.233 e. The number of ether oxygens (including phenoxy) is 1. The summed E-state index contributed by atoms with van der Waals surface area (Å²) in [7, 11) is 1.79. The van der Waals surface area contributed by atoms with Crippen molar-refractivity contribution in [3.05, 3.63) is 0 Å². The average Bonchev–Trinajstić information content (AvgIpc) is 2.87. The van der Waals surface area contributed by atoms with Crippen LogP contribution in [0.25, 0.3) is 0 Å². The lowest BCUT2D eigenvalue weighted by molar-refractivity contribution is -0.130. The van der Waals surface area contributed by atoms with Crippen LogP contribution in [0.4, 0.5) is 0 Å². The molecule has 0 radical (unpaired) electrons. The quantitative estimate of drug-likeness (QED) is 0.667. The number of thioether (sulfide) groups is 2. The van der Waals surface area contributed by atoms with Gasteiger partial charge in [-0.2, -0.15) is 11.8 Å². The highest BCUT2D eigenvalue weighted by atomic mass is 32.2. The van der Waals surface area contributed by atoms with Gasteiger partial charge in [-0.3, -0.25) is 9.69 Å². The van der Waals surface area contributed by atoms with E-state index in [9.17, 15) is 4.79 Å². The maximum absolute atomic E-state index is 12.8. The summed E-state index contributed by atoms with van der Waals surface area (Å²) in [6.07, 6.45) is 1.06. The summed E-state index contributed by atoms with van der Waals surface area (Å²) in [6.45, 7) is 5.30. The zero-order valence-corrected chi connectivity index (χ0v) is 15.6. The van der Waals surface area contributed by atoms with E-state index in [1.807, 2.05) is 11.8 Å². The summed E-state index contributed by atoms with van der Waals surface area (Å²) in [6, 6.07) is 0.279. The van der Waals surface area contributed by atoms with Crippen molar-refractivity contribution in [3.8, 4) is 0 Å². The van der Waals surface area contributed by atoms with Gasteiger partial charge >= 0.3 is 0 Å². The highest BCUT2D eigenvalue weighted by Gasteiger charge is 2.28. The molecule has 2 aliphatic rings. The lowest BCUT2D eigenvalue weighted by atomic mass is 10.2. The first-order valence-corrected chi connectivity index (χ1v) is 10.4. The van der Waals surface area contributed by atoms with Crippen molar-refractivity contribution in [2.45, 2.75) is 17.6 Å². The van der Waals surface area contributed by atoms with E-state index >= 15 is 0 Å². The van der Waals surface area contributed by atoms with Crippen molar-refractivity contribution in [2.75, 3.05) is 56.7 Å². The van der Waals surface area contributed by atoms with Crippen LogP contribution in [-0.4, -0.2) is 98.6 Å². The zero-order valence-electron chi connectivity index (χ0n) is 14.0. The molecule has 2 saturated heterocycles. The fourth-order valence-corrected chi connectivity index (χ4v) is 4.74. The van der Waals surface area contributed by atoms with Crippen LogP contribution in [0.5, 0.6) is 0 Å². The Labute approximate surface area is 150 Å². The third-order valence-corrected chi connectivity index (χ3v) is 6.43. The predicted octanol–water partition coefficient (Wildman–Crippen LogP) is -0.0315. The van der Waals surface area contributed by atoms with Crippen LogP contribution in [0.2, 0.25) is 0 Å². The van der Waals surface area contributed by atoms with Gasteiger partial charge in [0.2, 0.25) is 11.1 Å². The molecule has 3 heterocycles. The van der Waals surface area contributed by atoms with E-state index in [-0.39, 0.29) is 11.9 Å². The highest BCUT2D eigenvalue weighted by molar-refractivity contribution is 7.99. The number of aromatic nitrogens is 4. The van der Waals surface area contributed by atoms with Crippen LogP contribution in [0.3, 0.4) is 0 Å². The van der Waals surface area contributed by atoms with Gasteiger partial charge in [0.1, 0.15) is 0 Å². The molecule has 1 amide bonds. The normalized spacial score (nSPS) is 23.2. The summed E-state index contributed by atoms with van der Waals surface area (Å²) < 4.78 is 7.03. The number of aryl methyl sites for hydroxylation is 1. The fourth-order valence-electron chi connectivity index (χ4n) is 2.94. The molecule has 1 aromatic rings. The second-order valence-electron chi connectivity index (χ2n) is 5.96. The summed E-state index contributed by atoms with van der Waals surface area (Å²) >= 11 is 3.36. The molecule has 8 nitrogen and oxygen atoms in total. The van der Waals surface area contributed by atoms with Crippen LogP contribution in [0.15, 0.2) is 5.16 Å². The first-order valence-electron chi connectivity index (χ1n) is 8.26. The number of tetrazole rings is 1. The molecular weight excluding hydrogens is 348 g/mol. The molecule has 1 atom stereocenters. The average molecular weight is 373 g/mol. The molecule has 24 heavy (non-hydrogen) atoms. The standard InChI is InChI=1S/C14H24N6O2S2/c1-18-14(15-16-17-18)24-11-13(21)20-3-2-8-23-10-12(20)9-19-4-6-22-7-5-19/h12H,2-11H2,1H3. The molecule has 0 spiro atoms. The van der Waals surface area contributed by atoms with Gasteiger partial charge in [0.05, 0.1) is 25.0 Å². The number of carbonyl (C=O) groups excluding carboxylic acids is 1. The monoisotopic (exact) mass is 372 g/mol. The maximum Gasteiger partial charge on any atom is 0.233 e. The lowest BCUT2D eigenvalue weighted by Gasteiger charge is -2.35. The number of amides is 1. The SMILES string of the molecule is Cn1nnnc1SCC(=O)N1CCCSCC1CN1CCOCC1. The molecule has 0 aliphatic carbocycles. The highest BCUT2D eigenvalue weighted by Crippen LogP contribution is 2.20. The topological polar surface area (TPSA) is 76.4 Å². The van der Waals surface area contributed by atoms with Crippen molar-refractivity contribution in [3.63, 3.8) is 0 Å². The molecule has 2 fully saturated rings. The number of hydrogen-bond donors (Lipinski definition) is 0. The molecule has 10 heteroatoms. The van der Waals surface area contributed by atoms with Gasteiger partial charge in [-0.25, -0.2) is 4.68 Å². The maximum atomic E-state index is 12.8. The minimum atomic E-state index is 0.184. The minimum Gasteiger partial charge on any atom is -0.379 e. The van der Waals surface area contributed by atoms with E-state index in [2.05, 4.69) is 25.3 Å². The van der Waals surface area contributed by atoms with E-state index in [0.29, 0.717) is 10.9 Å². The molecule has 1 unspecified atom stereocenters. The van der Waals surface area contributed by atoms with Crippen molar-refractivity contribution in [2.24, 2.45) is 7.05 Å². The number of hydrogen-bond acceptors (Lipinski definition) is 8. The Bertz CT molecular complexity index is 537. The molecular formula is C14H24N6O2S2. The fraction of sp³-hybridized carbons (Fsp3) is 0.857. The summed E-state index contributed by atoms with van der Waals surface area (Å²) in [4.78, 5) is 17.3. The molecule has 1 aromatic heterocycles. The van der Waals surface area contributed by atoms with E-state index in [1.165, 1.54) is 11.8 Å². The number of morpholine rings is 1. The van der Waals surface area contributed by atoms with Gasteiger partial charge in [-0.15, -0.1) is 5.10 Å². The van der Waals surface area contributed by atoms with Gasteiger partial charge in [0.25, 0.3) is 0 Å². The Morgan fingerprint density at radius 3 is 2.96 bits per heavy atom. The second kappa shape index (κ2) is 9.02. The first-order chi connectivity index (χ1) is 11.7. The van der Waals surface area contributed by atoms with E-state index in [4.69, 9.17) is 4.74 Å². The first kappa shape index (κ1) is 18.0. The molecule has 0 N–H and O–H groups in total. The van der Waals surface area contributed by atoms with Crippen LogP contribution in [0, 0.1) is 0 Å². The third kappa shape index (κ3) is 4.84. The Morgan fingerprint density at radius 2 is 2.21 bits per heavy atom. The third-order valence-electron chi connectivity index (χ3n) is 4.24. The van der Waals surface area contributed by atoms with Gasteiger partial charge in [-0.1, -0.05) is 11.8 Å². The van der Waals surface area contributed by atoms with Gasteiger partial charge in [0, 0.05) is 39.0 Å². The zero-order chi connectivity index (χ0) is 16.8. The van der Waals surface area contributed by atoms with Crippen LogP contribution in [0.1, 0.15) is 6.42 Å². The van der Waals surface area contributed by atoms with Crippen LogP contribution in [-0.2, 0) is 16.6 Å². The summed E-state index contributed by atoms with van der Waals surface area (Å²) in [5.41, 5.74) is 0. The molecule has 2 aliphatic heterocycles. The van der Waals surface area contributed by atoms with Crippen molar-refractivity contribution in [1.82, 2.24) is 30.0 Å². The van der Waals surface area contributed by atoms with Gasteiger partial charge in [0.15, 0.2) is 0 Å². The second-order valence-corrected chi connectivity index (χ2v) is 8.05. The lowest BCUT2D eigenvalue weighted by Crippen LogP contribution is -2.50. The van der Waals surface area contributed by atoms with E-state index < -0.39 is 0 Å². The number of carbonyl (C=O) groups is 1. The van der Waals surface area contributed by atoms with E-state index in [1.54, 1.807) is 11.7 Å². The Morgan fingerprint density at radius 1 is 1.38 bits per heavy atom. The van der Waals surface area contributed by atoms with Crippen molar-refractivity contribution < 1.29 is 9.53 Å². The van der Waals surface area contributed by atoms with Crippen molar-refractivity contribution in [1.29, 1.82) is 0 Å². The van der Waals surface area contributed by atoms with E-state index in [0.717, 1.165) is 57.3 Å². The Kier molecular flexibility index (Phi) is 6.75. The molecule has 134 valence electrons. The van der Waals surface area contributed by atoms with Crippen molar-refractivity contribution >= 4 is 29.4 Å². The van der Waals surface area contributed by atoms with Gasteiger partial charge < -0.3 is 9.64 Å². The number of rotatable bonds is 5. The van der Waals surface area contributed by atoms with Crippen LogP contribution >= 0.6 is 23.5 Å². The summed E-state index contributed by atoms with van der Waals surface area (Å²) in [5.74, 6) is 2.71. The van der Waals surface area contributed by atoms with Crippen LogP contribution < -0.4 is 0 Å². The molecule has 0 saturated carbocycles. The Hall–Kier alpha value is -0.840. The molecule has 3 rings (SSSR count). The minimum absolute atomic E-state index is 0.184. The summed E-state index contributed by atoms with van der Waals surface area (Å²) in [5, 5.41) is 12.0. The Balaban J connectivity index is 1.58. The van der Waals surface area contributed by atoms with Gasteiger partial charge in [-0.05, 0) is 22.6 Å². The molecule has 0 bridgehead atoms.